The van der Waals surface area contributed by atoms with Crippen molar-refractivity contribution < 1.29 is 0 Å². The Bertz CT molecular complexity index is 317. The van der Waals surface area contributed by atoms with Crippen LogP contribution >= 0.6 is 11.3 Å². The summed E-state index contributed by atoms with van der Waals surface area (Å²) in [6, 6.07) is 1.73. The summed E-state index contributed by atoms with van der Waals surface area (Å²) >= 11 is 1.76. The van der Waals surface area contributed by atoms with Crippen molar-refractivity contribution in [2.24, 2.45) is 0 Å². The summed E-state index contributed by atoms with van der Waals surface area (Å²) < 4.78 is 0. The van der Waals surface area contributed by atoms with E-state index in [0.717, 1.165) is 6.54 Å². The number of nitrogens with zero attached hydrogens (tertiary/aromatic N) is 2. The molecule has 0 radical (unpaired) electrons. The summed E-state index contributed by atoms with van der Waals surface area (Å²) in [5.41, 5.74) is 1.93. The largest absolute Gasteiger partial charge is 0.313 e. The fraction of sp³-hybridized carbons (Fsp3) is 0.769. The zero-order valence-electron chi connectivity index (χ0n) is 11.0. The molecule has 1 aliphatic rings. The van der Waals surface area contributed by atoms with Crippen molar-refractivity contribution in [2.75, 3.05) is 13.1 Å². The summed E-state index contributed by atoms with van der Waals surface area (Å²) in [7, 11) is 0. The van der Waals surface area contributed by atoms with Gasteiger partial charge in [-0.1, -0.05) is 0 Å². The summed E-state index contributed by atoms with van der Waals surface area (Å²) in [6.07, 6.45) is 4.65. The highest BCUT2D eigenvalue weighted by molar-refractivity contribution is 7.09. The maximum atomic E-state index is 4.19. The van der Waals surface area contributed by atoms with E-state index in [1.54, 1.807) is 11.3 Å². The van der Waals surface area contributed by atoms with E-state index in [1.807, 2.05) is 11.7 Å². The van der Waals surface area contributed by atoms with Gasteiger partial charge in [0.1, 0.15) is 0 Å². The first-order chi connectivity index (χ1) is 8.18. The molecule has 1 aliphatic heterocycles. The van der Waals surface area contributed by atoms with E-state index in [2.05, 4.69) is 36.0 Å². The molecule has 1 N–H and O–H groups in total. The molecule has 1 saturated heterocycles. The van der Waals surface area contributed by atoms with Crippen LogP contribution in [0.2, 0.25) is 0 Å². The molecule has 0 amide bonds. The number of rotatable bonds is 5. The van der Waals surface area contributed by atoms with Crippen molar-refractivity contribution in [3.8, 4) is 0 Å². The van der Waals surface area contributed by atoms with E-state index in [9.17, 15) is 0 Å². The molecule has 2 unspecified atom stereocenters. The molecule has 2 atom stereocenters. The Morgan fingerprint density at radius 3 is 2.88 bits per heavy atom. The first-order valence-corrected chi connectivity index (χ1v) is 7.44. The van der Waals surface area contributed by atoms with E-state index in [0.29, 0.717) is 18.1 Å². The number of hydrogen-bond donors (Lipinski definition) is 1. The quantitative estimate of drug-likeness (QED) is 0.874. The maximum absolute atomic E-state index is 4.19. The van der Waals surface area contributed by atoms with Crippen LogP contribution in [-0.4, -0.2) is 35.1 Å². The highest BCUT2D eigenvalue weighted by Gasteiger charge is 2.24. The third-order valence-corrected chi connectivity index (χ3v) is 4.56. The monoisotopic (exact) mass is 253 g/mol. The lowest BCUT2D eigenvalue weighted by Crippen LogP contribution is -2.42. The predicted molar refractivity (Wildman–Crippen MR) is 73.4 cm³/mol. The highest BCUT2D eigenvalue weighted by atomic mass is 32.1. The van der Waals surface area contributed by atoms with Crippen LogP contribution in [0.15, 0.2) is 11.7 Å². The molecule has 96 valence electrons. The van der Waals surface area contributed by atoms with Gasteiger partial charge >= 0.3 is 0 Å². The molecular formula is C13H23N3S. The molecule has 0 bridgehead atoms. The smallest absolute Gasteiger partial charge is 0.0794 e. The van der Waals surface area contributed by atoms with Crippen molar-refractivity contribution in [1.29, 1.82) is 0 Å². The van der Waals surface area contributed by atoms with Crippen molar-refractivity contribution in [3.63, 3.8) is 0 Å². The fourth-order valence-electron chi connectivity index (χ4n) is 2.58. The molecule has 17 heavy (non-hydrogen) atoms. The third kappa shape index (κ3) is 3.27. The summed E-state index contributed by atoms with van der Waals surface area (Å²) in [5, 5.41) is 3.59. The normalized spacial score (nSPS) is 22.5. The van der Waals surface area contributed by atoms with E-state index in [-0.39, 0.29) is 0 Å². The van der Waals surface area contributed by atoms with Gasteiger partial charge in [-0.2, -0.15) is 0 Å². The lowest BCUT2D eigenvalue weighted by atomic mass is 10.1. The van der Waals surface area contributed by atoms with Crippen molar-refractivity contribution in [2.45, 2.75) is 51.7 Å². The Morgan fingerprint density at radius 2 is 2.35 bits per heavy atom. The van der Waals surface area contributed by atoms with Gasteiger partial charge in [0, 0.05) is 35.7 Å². The Labute approximate surface area is 108 Å². The van der Waals surface area contributed by atoms with Crippen molar-refractivity contribution in [1.82, 2.24) is 15.2 Å². The zero-order chi connectivity index (χ0) is 12.3. The summed E-state index contributed by atoms with van der Waals surface area (Å²) in [5.74, 6) is 0. The van der Waals surface area contributed by atoms with Crippen LogP contribution in [0.3, 0.4) is 0 Å². The van der Waals surface area contributed by atoms with Gasteiger partial charge in [-0.05, 0) is 40.2 Å². The van der Waals surface area contributed by atoms with E-state index < -0.39 is 0 Å². The first-order valence-electron chi connectivity index (χ1n) is 6.56. The molecule has 0 aliphatic carbocycles. The lowest BCUT2D eigenvalue weighted by Gasteiger charge is -2.34. The van der Waals surface area contributed by atoms with Gasteiger partial charge in [0.25, 0.3) is 0 Å². The van der Waals surface area contributed by atoms with Crippen LogP contribution in [0.5, 0.6) is 0 Å². The maximum Gasteiger partial charge on any atom is 0.0794 e. The van der Waals surface area contributed by atoms with Gasteiger partial charge in [-0.3, -0.25) is 9.88 Å². The zero-order valence-corrected chi connectivity index (χ0v) is 11.8. The molecule has 3 nitrogen and oxygen atoms in total. The fourth-order valence-corrected chi connectivity index (χ4v) is 3.28. The molecule has 2 heterocycles. The molecular weight excluding hydrogens is 230 g/mol. The minimum Gasteiger partial charge on any atom is -0.313 e. The predicted octanol–water partition coefficient (Wildman–Crippen LogP) is 2.67. The Morgan fingerprint density at radius 1 is 1.53 bits per heavy atom. The molecule has 0 saturated carbocycles. The minimum atomic E-state index is 0.477. The molecule has 0 spiro atoms. The van der Waals surface area contributed by atoms with E-state index >= 15 is 0 Å². The Balaban J connectivity index is 2.00. The molecule has 1 fully saturated rings. The molecule has 0 aromatic carbocycles. The topological polar surface area (TPSA) is 28.2 Å². The van der Waals surface area contributed by atoms with E-state index in [1.165, 1.54) is 24.3 Å². The van der Waals surface area contributed by atoms with E-state index in [4.69, 9.17) is 0 Å². The van der Waals surface area contributed by atoms with Gasteiger partial charge in [0.15, 0.2) is 0 Å². The first kappa shape index (κ1) is 13.0. The average molecular weight is 253 g/mol. The molecule has 1 aromatic heterocycles. The number of thiazole rings is 1. The highest BCUT2D eigenvalue weighted by Crippen LogP contribution is 2.26. The van der Waals surface area contributed by atoms with Crippen LogP contribution in [0.25, 0.3) is 0 Å². The van der Waals surface area contributed by atoms with Crippen LogP contribution in [-0.2, 0) is 0 Å². The molecule has 4 heteroatoms. The SMILES string of the molecule is CC(C)N(CC1CCCN1)C(C)c1cncs1. The van der Waals surface area contributed by atoms with Gasteiger partial charge in [-0.25, -0.2) is 0 Å². The van der Waals surface area contributed by atoms with Gasteiger partial charge in [-0.15, -0.1) is 11.3 Å². The van der Waals surface area contributed by atoms with Crippen LogP contribution < -0.4 is 5.32 Å². The second-order valence-corrected chi connectivity index (χ2v) is 6.08. The van der Waals surface area contributed by atoms with Crippen LogP contribution in [0.4, 0.5) is 0 Å². The average Bonchev–Trinajstić information content (AvgIpc) is 2.97. The number of hydrogen-bond acceptors (Lipinski definition) is 4. The summed E-state index contributed by atoms with van der Waals surface area (Å²) in [6.45, 7) is 9.20. The standard InChI is InChI=1S/C13H23N3S/c1-10(2)16(8-12-5-4-6-15-12)11(3)13-7-14-9-17-13/h7,9-12,15H,4-6,8H2,1-3H3. The van der Waals surface area contributed by atoms with Gasteiger partial charge < -0.3 is 5.32 Å². The third-order valence-electron chi connectivity index (χ3n) is 3.62. The second kappa shape index (κ2) is 5.94. The second-order valence-electron chi connectivity index (χ2n) is 5.16. The van der Waals surface area contributed by atoms with Crippen molar-refractivity contribution in [3.05, 3.63) is 16.6 Å². The molecule has 1 aromatic rings. The minimum absolute atomic E-state index is 0.477. The number of nitrogens with one attached hydrogen (secondary N) is 1. The van der Waals surface area contributed by atoms with Crippen LogP contribution in [0.1, 0.15) is 44.5 Å². The van der Waals surface area contributed by atoms with Crippen molar-refractivity contribution >= 4 is 11.3 Å². The van der Waals surface area contributed by atoms with Crippen LogP contribution in [0, 0.1) is 0 Å². The summed E-state index contributed by atoms with van der Waals surface area (Å²) in [4.78, 5) is 8.14. The lowest BCUT2D eigenvalue weighted by molar-refractivity contribution is 0.152. The Hall–Kier alpha value is -0.450. The van der Waals surface area contributed by atoms with Gasteiger partial charge in [0.2, 0.25) is 0 Å². The molecule has 2 rings (SSSR count). The van der Waals surface area contributed by atoms with Gasteiger partial charge in [0.05, 0.1) is 5.51 Å². The Kier molecular flexibility index (Phi) is 4.54. The number of aromatic nitrogens is 1.